The zero-order valence-corrected chi connectivity index (χ0v) is 17.5. The number of fused-ring (bicyclic) bond motifs is 1. The number of nitrogens with zero attached hydrogens (tertiary/aromatic N) is 1. The molecule has 3 aromatic carbocycles. The van der Waals surface area contributed by atoms with E-state index in [9.17, 15) is 14.7 Å². The highest BCUT2D eigenvalue weighted by Gasteiger charge is 2.22. The van der Waals surface area contributed by atoms with Gasteiger partial charge in [-0.15, -0.1) is 0 Å². The van der Waals surface area contributed by atoms with Crippen molar-refractivity contribution < 1.29 is 19.4 Å². The third-order valence-electron chi connectivity index (χ3n) is 5.06. The van der Waals surface area contributed by atoms with Crippen LogP contribution in [0, 0.1) is 0 Å². The molecule has 160 valence electrons. The number of carbonyl (C=O) groups excluding carboxylic acids is 2. The Morgan fingerprint density at radius 2 is 1.59 bits per heavy atom. The summed E-state index contributed by atoms with van der Waals surface area (Å²) in [7, 11) is 0. The van der Waals surface area contributed by atoms with Crippen molar-refractivity contribution in [3.8, 4) is 28.0 Å². The molecule has 0 saturated carbocycles. The molecule has 0 aliphatic carbocycles. The fraction of sp³-hybridized carbons (Fsp3) is 0.115. The molecule has 0 atom stereocenters. The largest absolute Gasteiger partial charge is 0.506 e. The van der Waals surface area contributed by atoms with E-state index in [0.717, 1.165) is 16.7 Å². The second kappa shape index (κ2) is 9.31. The lowest BCUT2D eigenvalue weighted by atomic mass is 9.96. The van der Waals surface area contributed by atoms with E-state index in [4.69, 9.17) is 4.74 Å². The van der Waals surface area contributed by atoms with Crippen molar-refractivity contribution in [2.75, 3.05) is 13.2 Å². The van der Waals surface area contributed by atoms with Crippen LogP contribution in [0.15, 0.2) is 79.0 Å². The zero-order chi connectivity index (χ0) is 22.5. The molecule has 32 heavy (non-hydrogen) atoms. The smallest absolute Gasteiger partial charge is 0.325 e. The van der Waals surface area contributed by atoms with Crippen LogP contribution < -0.4 is 5.32 Å². The Labute approximate surface area is 185 Å². The Balaban J connectivity index is 1.85. The first-order chi connectivity index (χ1) is 15.6. The van der Waals surface area contributed by atoms with Gasteiger partial charge < -0.3 is 15.2 Å². The number of rotatable bonds is 6. The summed E-state index contributed by atoms with van der Waals surface area (Å²) in [6, 6.07) is 22.9. The Morgan fingerprint density at radius 3 is 2.25 bits per heavy atom. The number of pyridine rings is 1. The van der Waals surface area contributed by atoms with E-state index in [1.165, 1.54) is 0 Å². The maximum Gasteiger partial charge on any atom is 0.325 e. The number of esters is 1. The SMILES string of the molecule is CCOC(=O)CNC(=O)c1c(O)c(-c2ccccc2)cc2cc(-c3ccccc3)cnc12. The molecule has 4 rings (SSSR count). The molecule has 0 bridgehead atoms. The minimum Gasteiger partial charge on any atom is -0.506 e. The zero-order valence-electron chi connectivity index (χ0n) is 17.5. The molecule has 1 aromatic heterocycles. The Kier molecular flexibility index (Phi) is 6.12. The van der Waals surface area contributed by atoms with Gasteiger partial charge in [-0.2, -0.15) is 0 Å². The van der Waals surface area contributed by atoms with Crippen LogP contribution in [0.1, 0.15) is 17.3 Å². The number of nitrogens with one attached hydrogen (secondary N) is 1. The van der Waals surface area contributed by atoms with Crippen molar-refractivity contribution >= 4 is 22.8 Å². The molecule has 0 fully saturated rings. The molecule has 1 amide bonds. The lowest BCUT2D eigenvalue weighted by Gasteiger charge is -2.14. The van der Waals surface area contributed by atoms with Crippen molar-refractivity contribution in [1.29, 1.82) is 0 Å². The van der Waals surface area contributed by atoms with Crippen LogP contribution in [0.3, 0.4) is 0 Å². The molecule has 2 N–H and O–H groups in total. The Bertz CT molecular complexity index is 1270. The van der Waals surface area contributed by atoms with Crippen LogP contribution in [0.5, 0.6) is 5.75 Å². The fourth-order valence-corrected chi connectivity index (χ4v) is 3.57. The highest BCUT2D eigenvalue weighted by atomic mass is 16.5. The second-order valence-electron chi connectivity index (χ2n) is 7.16. The van der Waals surface area contributed by atoms with Gasteiger partial charge in [-0.1, -0.05) is 60.7 Å². The van der Waals surface area contributed by atoms with E-state index in [2.05, 4.69) is 10.3 Å². The molecule has 0 spiro atoms. The summed E-state index contributed by atoms with van der Waals surface area (Å²) in [6.07, 6.45) is 1.67. The minimum absolute atomic E-state index is 0.0188. The number of phenols is 1. The van der Waals surface area contributed by atoms with Gasteiger partial charge in [0.1, 0.15) is 17.9 Å². The topological polar surface area (TPSA) is 88.5 Å². The molecule has 0 unspecified atom stereocenters. The number of amides is 1. The monoisotopic (exact) mass is 426 g/mol. The Hall–Kier alpha value is -4.19. The van der Waals surface area contributed by atoms with Gasteiger partial charge in [0, 0.05) is 22.7 Å². The number of aromatic hydroxyl groups is 1. The number of hydrogen-bond acceptors (Lipinski definition) is 5. The number of ether oxygens (including phenoxy) is 1. The third-order valence-corrected chi connectivity index (χ3v) is 5.06. The van der Waals surface area contributed by atoms with Gasteiger partial charge in [-0.25, -0.2) is 0 Å². The fourth-order valence-electron chi connectivity index (χ4n) is 3.57. The summed E-state index contributed by atoms with van der Waals surface area (Å²) in [5.41, 5.74) is 3.52. The average molecular weight is 426 g/mol. The van der Waals surface area contributed by atoms with Crippen molar-refractivity contribution in [2.24, 2.45) is 0 Å². The summed E-state index contributed by atoms with van der Waals surface area (Å²) in [5, 5.41) is 14.3. The maximum atomic E-state index is 13.0. The number of hydrogen-bond donors (Lipinski definition) is 2. The lowest BCUT2D eigenvalue weighted by molar-refractivity contribution is -0.141. The highest BCUT2D eigenvalue weighted by molar-refractivity contribution is 6.11. The first-order valence-corrected chi connectivity index (χ1v) is 10.3. The van der Waals surface area contributed by atoms with Gasteiger partial charge in [0.25, 0.3) is 5.91 Å². The first-order valence-electron chi connectivity index (χ1n) is 10.3. The van der Waals surface area contributed by atoms with Crippen LogP contribution in [0.2, 0.25) is 0 Å². The summed E-state index contributed by atoms with van der Waals surface area (Å²) in [6.45, 7) is 1.61. The number of benzene rings is 3. The molecular formula is C26H22N2O4. The van der Waals surface area contributed by atoms with Gasteiger partial charge in [-0.05, 0) is 30.2 Å². The average Bonchev–Trinajstić information content (AvgIpc) is 2.83. The predicted molar refractivity (Wildman–Crippen MR) is 123 cm³/mol. The van der Waals surface area contributed by atoms with E-state index >= 15 is 0 Å². The molecule has 1 heterocycles. The maximum absolute atomic E-state index is 13.0. The molecule has 0 aliphatic rings. The van der Waals surface area contributed by atoms with E-state index in [1.54, 1.807) is 13.1 Å². The van der Waals surface area contributed by atoms with Gasteiger partial charge in [0.2, 0.25) is 0 Å². The molecule has 0 radical (unpaired) electrons. The molecule has 0 saturated heterocycles. The predicted octanol–water partition coefficient (Wildman–Crippen LogP) is 4.57. The summed E-state index contributed by atoms with van der Waals surface area (Å²) < 4.78 is 4.87. The van der Waals surface area contributed by atoms with Crippen LogP contribution in [-0.2, 0) is 9.53 Å². The molecule has 6 heteroatoms. The molecule has 6 nitrogen and oxygen atoms in total. The molecule has 4 aromatic rings. The van der Waals surface area contributed by atoms with Crippen LogP contribution in [0.25, 0.3) is 33.2 Å². The van der Waals surface area contributed by atoms with Crippen molar-refractivity contribution in [3.63, 3.8) is 0 Å². The van der Waals surface area contributed by atoms with Crippen LogP contribution >= 0.6 is 0 Å². The van der Waals surface area contributed by atoms with Gasteiger partial charge in [-0.3, -0.25) is 14.6 Å². The number of aromatic nitrogens is 1. The van der Waals surface area contributed by atoms with Crippen molar-refractivity contribution in [2.45, 2.75) is 6.92 Å². The number of carbonyl (C=O) groups is 2. The summed E-state index contributed by atoms with van der Waals surface area (Å²) in [5.74, 6) is -1.34. The van der Waals surface area contributed by atoms with Gasteiger partial charge in [0.15, 0.2) is 0 Å². The summed E-state index contributed by atoms with van der Waals surface area (Å²) >= 11 is 0. The van der Waals surface area contributed by atoms with E-state index < -0.39 is 11.9 Å². The molecular weight excluding hydrogens is 404 g/mol. The van der Waals surface area contributed by atoms with Gasteiger partial charge in [0.05, 0.1) is 12.1 Å². The molecule has 0 aliphatic heterocycles. The standard InChI is InChI=1S/C26H22N2O4/c1-2-32-22(29)16-28-26(31)23-24-19(13-20(15-27-24)17-9-5-3-6-10-17)14-21(25(23)30)18-11-7-4-8-12-18/h3-15,30H,2,16H2,1H3,(H,28,31). The quantitative estimate of drug-likeness (QED) is 0.441. The van der Waals surface area contributed by atoms with Crippen LogP contribution in [-0.4, -0.2) is 35.1 Å². The van der Waals surface area contributed by atoms with E-state index in [0.29, 0.717) is 16.5 Å². The third kappa shape index (κ3) is 4.30. The first kappa shape index (κ1) is 21.1. The van der Waals surface area contributed by atoms with E-state index in [1.807, 2.05) is 72.8 Å². The number of phenolic OH excluding ortho intramolecular Hbond substituents is 1. The van der Waals surface area contributed by atoms with Gasteiger partial charge >= 0.3 is 5.97 Å². The van der Waals surface area contributed by atoms with Crippen molar-refractivity contribution in [1.82, 2.24) is 10.3 Å². The minimum atomic E-state index is -0.599. The van der Waals surface area contributed by atoms with Crippen molar-refractivity contribution in [3.05, 3.63) is 84.6 Å². The van der Waals surface area contributed by atoms with Crippen LogP contribution in [0.4, 0.5) is 0 Å². The lowest BCUT2D eigenvalue weighted by Crippen LogP contribution is -2.31. The second-order valence-corrected chi connectivity index (χ2v) is 7.16. The Morgan fingerprint density at radius 1 is 0.938 bits per heavy atom. The summed E-state index contributed by atoms with van der Waals surface area (Å²) in [4.78, 5) is 29.2. The van der Waals surface area contributed by atoms with E-state index in [-0.39, 0.29) is 24.5 Å². The normalized spacial score (nSPS) is 10.7. The highest BCUT2D eigenvalue weighted by Crippen LogP contribution is 2.38.